The van der Waals surface area contributed by atoms with Crippen LogP contribution in [-0.2, 0) is 4.79 Å². The van der Waals surface area contributed by atoms with Crippen molar-refractivity contribution in [1.82, 2.24) is 5.32 Å². The molecule has 0 aliphatic carbocycles. The lowest BCUT2D eigenvalue weighted by Gasteiger charge is -2.16. The second-order valence-electron chi connectivity index (χ2n) is 3.64. The third kappa shape index (κ3) is 4.26. The molecule has 1 heterocycles. The van der Waals surface area contributed by atoms with E-state index in [1.54, 1.807) is 12.1 Å². The van der Waals surface area contributed by atoms with Crippen LogP contribution in [0.25, 0.3) is 0 Å². The van der Waals surface area contributed by atoms with Gasteiger partial charge in [-0.3, -0.25) is 9.59 Å². The zero-order chi connectivity index (χ0) is 12.8. The molecule has 0 saturated heterocycles. The Kier molecular flexibility index (Phi) is 5.27. The lowest BCUT2D eigenvalue weighted by atomic mass is 10.1. The first-order valence-corrected chi connectivity index (χ1v) is 6.01. The average Bonchev–Trinajstić information content (AvgIpc) is 2.75. The number of carbonyl (C=O) groups is 2. The fraction of sp³-hybridized carbons (Fsp3) is 0.455. The molecule has 2 unspecified atom stereocenters. The van der Waals surface area contributed by atoms with E-state index in [1.807, 2.05) is 0 Å². The Morgan fingerprint density at radius 3 is 2.76 bits per heavy atom. The molecule has 17 heavy (non-hydrogen) atoms. The van der Waals surface area contributed by atoms with E-state index in [9.17, 15) is 19.8 Å². The summed E-state index contributed by atoms with van der Waals surface area (Å²) < 4.78 is 0. The highest BCUT2D eigenvalue weighted by atomic mass is 32.1. The van der Waals surface area contributed by atoms with Crippen LogP contribution in [0.3, 0.4) is 0 Å². The second-order valence-corrected chi connectivity index (χ2v) is 4.79. The quantitative estimate of drug-likeness (QED) is 0.647. The minimum absolute atomic E-state index is 0.175. The maximum Gasteiger partial charge on any atom is 0.216 e. The normalized spacial score (nSPS) is 14.1. The molecule has 6 heteroatoms. The van der Waals surface area contributed by atoms with Crippen LogP contribution in [0.15, 0.2) is 12.1 Å². The van der Waals surface area contributed by atoms with E-state index < -0.39 is 12.2 Å². The van der Waals surface area contributed by atoms with Crippen LogP contribution in [0.5, 0.6) is 0 Å². The molecule has 0 aromatic carbocycles. The zero-order valence-electron chi connectivity index (χ0n) is 9.42. The van der Waals surface area contributed by atoms with Crippen molar-refractivity contribution in [2.24, 2.45) is 0 Å². The highest BCUT2D eigenvalue weighted by Crippen LogP contribution is 2.25. The molecule has 0 aliphatic rings. The van der Waals surface area contributed by atoms with Crippen LogP contribution in [-0.4, -0.2) is 35.1 Å². The van der Waals surface area contributed by atoms with E-state index in [0.29, 0.717) is 22.6 Å². The molecule has 1 amide bonds. The van der Waals surface area contributed by atoms with Crippen molar-refractivity contribution < 1.29 is 19.8 Å². The molecule has 0 radical (unpaired) electrons. The molecule has 5 nitrogen and oxygen atoms in total. The van der Waals surface area contributed by atoms with Gasteiger partial charge in [-0.25, -0.2) is 0 Å². The van der Waals surface area contributed by atoms with Gasteiger partial charge in [-0.05, 0) is 18.6 Å². The summed E-state index contributed by atoms with van der Waals surface area (Å²) in [6, 6.07) is 3.21. The van der Waals surface area contributed by atoms with Gasteiger partial charge < -0.3 is 15.5 Å². The highest BCUT2D eigenvalue weighted by Gasteiger charge is 2.19. The van der Waals surface area contributed by atoms with Gasteiger partial charge in [0.25, 0.3) is 0 Å². The molecule has 0 bridgehead atoms. The zero-order valence-corrected chi connectivity index (χ0v) is 10.2. The Morgan fingerprint density at radius 1 is 1.53 bits per heavy atom. The van der Waals surface area contributed by atoms with E-state index in [4.69, 9.17) is 0 Å². The summed E-state index contributed by atoms with van der Waals surface area (Å²) in [7, 11) is 0. The Labute approximate surface area is 103 Å². The van der Waals surface area contributed by atoms with Gasteiger partial charge in [0.15, 0.2) is 6.29 Å². The average molecular weight is 257 g/mol. The molecule has 0 saturated carbocycles. The van der Waals surface area contributed by atoms with Crippen LogP contribution in [0.2, 0.25) is 0 Å². The molecule has 1 aromatic rings. The summed E-state index contributed by atoms with van der Waals surface area (Å²) >= 11 is 1.14. The van der Waals surface area contributed by atoms with Gasteiger partial charge in [0.1, 0.15) is 6.10 Å². The standard InChI is InChI=1S/C11H15NO4S/c1-7(14)12-5-4-9(15)11(16)10-3-2-8(6-13)17-10/h2-3,6,9,11,15-16H,4-5H2,1H3,(H,12,14). The molecular weight excluding hydrogens is 242 g/mol. The first-order chi connectivity index (χ1) is 8.04. The van der Waals surface area contributed by atoms with Gasteiger partial charge in [0, 0.05) is 18.3 Å². The summed E-state index contributed by atoms with van der Waals surface area (Å²) in [6.45, 7) is 1.69. The van der Waals surface area contributed by atoms with Gasteiger partial charge in [0.05, 0.1) is 11.0 Å². The summed E-state index contributed by atoms with van der Waals surface area (Å²) in [5.74, 6) is -0.175. The lowest BCUT2D eigenvalue weighted by molar-refractivity contribution is -0.119. The molecule has 3 N–H and O–H groups in total. The Balaban J connectivity index is 2.48. The largest absolute Gasteiger partial charge is 0.390 e. The predicted octanol–water partition coefficient (Wildman–Crippen LogP) is 0.481. The molecular formula is C11H15NO4S. The summed E-state index contributed by atoms with van der Waals surface area (Å²) in [5.41, 5.74) is 0. The van der Waals surface area contributed by atoms with Crippen LogP contribution in [0.1, 0.15) is 34.0 Å². The molecule has 0 aliphatic heterocycles. The number of amides is 1. The van der Waals surface area contributed by atoms with Crippen LogP contribution in [0.4, 0.5) is 0 Å². The van der Waals surface area contributed by atoms with E-state index in [1.165, 1.54) is 6.92 Å². The number of carbonyl (C=O) groups excluding carboxylic acids is 2. The minimum Gasteiger partial charge on any atom is -0.390 e. The van der Waals surface area contributed by atoms with Crippen molar-refractivity contribution in [2.75, 3.05) is 6.54 Å². The molecule has 0 fully saturated rings. The van der Waals surface area contributed by atoms with Crippen molar-refractivity contribution in [3.63, 3.8) is 0 Å². The second kappa shape index (κ2) is 6.48. The van der Waals surface area contributed by atoms with Crippen LogP contribution >= 0.6 is 11.3 Å². The van der Waals surface area contributed by atoms with Gasteiger partial charge in [-0.2, -0.15) is 0 Å². The van der Waals surface area contributed by atoms with Gasteiger partial charge in [-0.15, -0.1) is 11.3 Å². The highest BCUT2D eigenvalue weighted by molar-refractivity contribution is 7.13. The lowest BCUT2D eigenvalue weighted by Crippen LogP contribution is -2.27. The van der Waals surface area contributed by atoms with E-state index in [2.05, 4.69) is 5.32 Å². The first-order valence-electron chi connectivity index (χ1n) is 5.20. The number of rotatable bonds is 6. The van der Waals surface area contributed by atoms with Crippen molar-refractivity contribution >= 4 is 23.5 Å². The number of aldehydes is 1. The van der Waals surface area contributed by atoms with Crippen molar-refractivity contribution in [1.29, 1.82) is 0 Å². The number of aliphatic hydroxyl groups excluding tert-OH is 2. The number of aliphatic hydroxyl groups is 2. The maximum absolute atomic E-state index is 10.6. The Bertz CT molecular complexity index is 391. The van der Waals surface area contributed by atoms with Gasteiger partial charge in [0.2, 0.25) is 5.91 Å². The van der Waals surface area contributed by atoms with Crippen molar-refractivity contribution in [3.05, 3.63) is 21.9 Å². The third-order valence-electron chi connectivity index (χ3n) is 2.23. The van der Waals surface area contributed by atoms with Crippen LogP contribution in [0, 0.1) is 0 Å². The molecule has 0 spiro atoms. The molecule has 1 rings (SSSR count). The smallest absolute Gasteiger partial charge is 0.216 e. The van der Waals surface area contributed by atoms with Crippen LogP contribution < -0.4 is 5.32 Å². The van der Waals surface area contributed by atoms with E-state index in [0.717, 1.165) is 11.3 Å². The van der Waals surface area contributed by atoms with Crippen molar-refractivity contribution in [3.8, 4) is 0 Å². The SMILES string of the molecule is CC(=O)NCCC(O)C(O)c1ccc(C=O)s1. The first kappa shape index (κ1) is 13.8. The Morgan fingerprint density at radius 2 is 2.24 bits per heavy atom. The maximum atomic E-state index is 10.6. The molecule has 94 valence electrons. The number of hydrogen-bond donors (Lipinski definition) is 3. The molecule has 1 aromatic heterocycles. The summed E-state index contributed by atoms with van der Waals surface area (Å²) in [6.07, 6.45) is -1.03. The summed E-state index contributed by atoms with van der Waals surface area (Å²) in [5, 5.41) is 22.0. The third-order valence-corrected chi connectivity index (χ3v) is 3.32. The molecule has 2 atom stereocenters. The number of hydrogen-bond acceptors (Lipinski definition) is 5. The van der Waals surface area contributed by atoms with E-state index in [-0.39, 0.29) is 12.3 Å². The van der Waals surface area contributed by atoms with Crippen molar-refractivity contribution in [2.45, 2.75) is 25.6 Å². The number of thiophene rings is 1. The van der Waals surface area contributed by atoms with Gasteiger partial charge in [-0.1, -0.05) is 0 Å². The fourth-order valence-electron chi connectivity index (χ4n) is 1.33. The minimum atomic E-state index is -1.03. The number of nitrogens with one attached hydrogen (secondary N) is 1. The van der Waals surface area contributed by atoms with E-state index >= 15 is 0 Å². The monoisotopic (exact) mass is 257 g/mol. The topological polar surface area (TPSA) is 86.6 Å². The predicted molar refractivity (Wildman–Crippen MR) is 64.0 cm³/mol. The Hall–Kier alpha value is -1.24. The summed E-state index contributed by atoms with van der Waals surface area (Å²) in [4.78, 5) is 22.1. The fourth-order valence-corrected chi connectivity index (χ4v) is 2.20. The van der Waals surface area contributed by atoms with Gasteiger partial charge >= 0.3 is 0 Å².